The zero-order valence-corrected chi connectivity index (χ0v) is 35.4. The van der Waals surface area contributed by atoms with Gasteiger partial charge in [0.2, 0.25) is 0 Å². The standard InChI is InChI=1S/C45H66O12/c1-11-25(4)39-28(7)17-18-44(57-39)22-33-20-32(56-44)16-15-27(6)38(54-36-21-35(50-10)40(30(9)52-36)55-42(47)24(2)3)26(5)13-12-14-31-23-51-41-37(46)29(8)19-34(43(48)53-33)45(31,41)49/h12-15,17-19,24-26,28,30,32-41,46,49H,11,16,20-23H2,1-10H3/b13-12+,27-15+,31-14+/t25-,26-,28-,30?,32+,33-,34?,35?,36?,37+,38-,39+,40?,41+,44?,45+/m0/s1. The summed E-state index contributed by atoms with van der Waals surface area (Å²) < 4.78 is 50.9. The first-order valence-corrected chi connectivity index (χ1v) is 21.0. The van der Waals surface area contributed by atoms with Crippen molar-refractivity contribution in [3.8, 4) is 0 Å². The van der Waals surface area contributed by atoms with Crippen LogP contribution in [0.5, 0.6) is 0 Å². The van der Waals surface area contributed by atoms with Gasteiger partial charge in [-0.1, -0.05) is 84.4 Å². The predicted molar refractivity (Wildman–Crippen MR) is 211 cm³/mol. The first-order chi connectivity index (χ1) is 27.0. The van der Waals surface area contributed by atoms with Crippen molar-refractivity contribution in [3.63, 3.8) is 0 Å². The monoisotopic (exact) mass is 798 g/mol. The molecule has 1 spiro atoms. The Labute approximate surface area is 338 Å². The normalized spacial score (nSPS) is 45.5. The third kappa shape index (κ3) is 9.09. The van der Waals surface area contributed by atoms with E-state index < -0.39 is 72.3 Å². The van der Waals surface area contributed by atoms with Crippen LogP contribution >= 0.6 is 0 Å². The van der Waals surface area contributed by atoms with Crippen LogP contribution in [-0.2, 0) is 47.5 Å². The third-order valence-corrected chi connectivity index (χ3v) is 13.0. The van der Waals surface area contributed by atoms with Gasteiger partial charge in [-0.2, -0.15) is 0 Å². The molecule has 0 aromatic rings. The highest BCUT2D eigenvalue weighted by molar-refractivity contribution is 5.78. The molecule has 6 unspecified atom stereocenters. The number of rotatable bonds is 7. The molecule has 0 aromatic carbocycles. The Kier molecular flexibility index (Phi) is 13.8. The van der Waals surface area contributed by atoms with Gasteiger partial charge in [0.15, 0.2) is 18.2 Å². The first-order valence-electron chi connectivity index (χ1n) is 21.0. The maximum absolute atomic E-state index is 14.3. The second kappa shape index (κ2) is 17.9. The van der Waals surface area contributed by atoms with Crippen molar-refractivity contribution < 1.29 is 57.7 Å². The van der Waals surface area contributed by atoms with Crippen LogP contribution < -0.4 is 0 Å². The number of aliphatic hydroxyl groups is 2. The Morgan fingerprint density at radius 1 is 1.04 bits per heavy atom. The molecule has 0 aromatic heterocycles. The summed E-state index contributed by atoms with van der Waals surface area (Å²) in [5.41, 5.74) is 0.130. The Balaban J connectivity index is 1.35. The number of methoxy groups -OCH3 is 1. The predicted octanol–water partition coefficient (Wildman–Crippen LogP) is 6.05. The van der Waals surface area contributed by atoms with Gasteiger partial charge >= 0.3 is 11.9 Å². The van der Waals surface area contributed by atoms with E-state index in [0.717, 1.165) is 12.0 Å². The van der Waals surface area contributed by atoms with Crippen molar-refractivity contribution in [2.24, 2.45) is 29.6 Å². The molecule has 6 aliphatic rings. The fourth-order valence-corrected chi connectivity index (χ4v) is 9.30. The van der Waals surface area contributed by atoms with E-state index in [-0.39, 0.29) is 48.5 Å². The van der Waals surface area contributed by atoms with Gasteiger partial charge in [0, 0.05) is 38.2 Å². The maximum Gasteiger partial charge on any atom is 0.316 e. The molecule has 0 saturated carbocycles. The number of allylic oxidation sites excluding steroid dienone is 2. The SMILES string of the molecule is CC[C@H](C)[C@H]1OC2(C=C[C@@H]1C)C[C@@H]1C[C@@H](C/C=C(\C)[C@@H](OC3CC(OC)C(OC(=O)C(C)C)C(C)O3)[C@@H](C)/C=C/C=C3\CO[C@@H]4[C@H](O)C(C)=CC(C(=O)O1)[C@]34O)O2. The number of esters is 2. The molecule has 16 atom stereocenters. The fourth-order valence-electron chi connectivity index (χ4n) is 9.30. The van der Waals surface area contributed by atoms with E-state index in [9.17, 15) is 19.8 Å². The lowest BCUT2D eigenvalue weighted by atomic mass is 9.71. The van der Waals surface area contributed by atoms with Crippen LogP contribution in [0.1, 0.15) is 94.4 Å². The molecule has 6 rings (SSSR count). The minimum absolute atomic E-state index is 0.0335. The summed E-state index contributed by atoms with van der Waals surface area (Å²) in [6, 6.07) is 0. The quantitative estimate of drug-likeness (QED) is 0.228. The smallest absolute Gasteiger partial charge is 0.316 e. The molecule has 3 fully saturated rings. The van der Waals surface area contributed by atoms with Gasteiger partial charge in [0.05, 0.1) is 36.9 Å². The summed E-state index contributed by atoms with van der Waals surface area (Å²) in [4.78, 5) is 26.8. The van der Waals surface area contributed by atoms with Crippen LogP contribution in [0.2, 0.25) is 0 Å². The van der Waals surface area contributed by atoms with E-state index >= 15 is 0 Å². The lowest BCUT2D eigenvalue weighted by molar-refractivity contribution is -0.300. The number of aliphatic hydroxyl groups excluding tert-OH is 1. The molecule has 318 valence electrons. The highest BCUT2D eigenvalue weighted by atomic mass is 16.7. The zero-order valence-electron chi connectivity index (χ0n) is 35.4. The third-order valence-electron chi connectivity index (χ3n) is 13.0. The summed E-state index contributed by atoms with van der Waals surface area (Å²) in [6.45, 7) is 17.8. The molecule has 5 aliphatic heterocycles. The van der Waals surface area contributed by atoms with Crippen LogP contribution in [0.4, 0.5) is 0 Å². The van der Waals surface area contributed by atoms with E-state index in [2.05, 4.69) is 32.9 Å². The van der Waals surface area contributed by atoms with Gasteiger partial charge in [-0.05, 0) is 55.9 Å². The molecule has 2 bridgehead atoms. The van der Waals surface area contributed by atoms with Gasteiger partial charge in [-0.25, -0.2) is 0 Å². The Bertz CT molecular complexity index is 1610. The number of ether oxygens (including phenoxy) is 8. The van der Waals surface area contributed by atoms with Crippen LogP contribution in [-0.4, -0.2) is 108 Å². The van der Waals surface area contributed by atoms with Crippen molar-refractivity contribution in [2.45, 2.75) is 167 Å². The average molecular weight is 799 g/mol. The molecule has 0 radical (unpaired) electrons. The van der Waals surface area contributed by atoms with E-state index in [1.54, 1.807) is 40.0 Å². The minimum Gasteiger partial charge on any atom is -0.462 e. The van der Waals surface area contributed by atoms with Crippen molar-refractivity contribution in [1.82, 2.24) is 0 Å². The van der Waals surface area contributed by atoms with E-state index in [4.69, 9.17) is 37.9 Å². The molecule has 2 N–H and O–H groups in total. The van der Waals surface area contributed by atoms with Crippen LogP contribution in [0.3, 0.4) is 0 Å². The largest absolute Gasteiger partial charge is 0.462 e. The molecule has 3 saturated heterocycles. The van der Waals surface area contributed by atoms with E-state index in [1.165, 1.54) is 0 Å². The lowest BCUT2D eigenvalue weighted by Crippen LogP contribution is -2.58. The van der Waals surface area contributed by atoms with Gasteiger partial charge in [-0.15, -0.1) is 0 Å². The summed E-state index contributed by atoms with van der Waals surface area (Å²) >= 11 is 0. The fraction of sp³-hybridized carbons (Fsp3) is 0.733. The lowest BCUT2D eigenvalue weighted by Gasteiger charge is -2.48. The van der Waals surface area contributed by atoms with Crippen LogP contribution in [0, 0.1) is 29.6 Å². The van der Waals surface area contributed by atoms with E-state index in [0.29, 0.717) is 36.8 Å². The number of hydrogen-bond donors (Lipinski definition) is 2. The summed E-state index contributed by atoms with van der Waals surface area (Å²) in [6.07, 6.45) is 10.2. The molecular formula is C45H66O12. The maximum atomic E-state index is 14.3. The van der Waals surface area contributed by atoms with E-state index in [1.807, 2.05) is 39.0 Å². The minimum atomic E-state index is -1.83. The summed E-state index contributed by atoms with van der Waals surface area (Å²) in [5.74, 6) is -3.14. The first kappa shape index (κ1) is 43.9. The molecule has 12 heteroatoms. The second-order valence-corrected chi connectivity index (χ2v) is 17.6. The Morgan fingerprint density at radius 2 is 1.79 bits per heavy atom. The molecule has 0 amide bonds. The highest BCUT2D eigenvalue weighted by Crippen LogP contribution is 2.47. The molecule has 57 heavy (non-hydrogen) atoms. The molecule has 5 heterocycles. The number of fused-ring (bicyclic) bond motifs is 2. The van der Waals surface area contributed by atoms with Crippen molar-refractivity contribution in [2.75, 3.05) is 13.7 Å². The summed E-state index contributed by atoms with van der Waals surface area (Å²) in [5, 5.41) is 23.6. The zero-order chi connectivity index (χ0) is 41.4. The molecule has 1 aliphatic carbocycles. The molecular weight excluding hydrogens is 732 g/mol. The number of carbonyl (C=O) groups excluding carboxylic acids is 2. The van der Waals surface area contributed by atoms with Gasteiger partial charge < -0.3 is 48.1 Å². The Morgan fingerprint density at radius 3 is 2.49 bits per heavy atom. The van der Waals surface area contributed by atoms with Crippen molar-refractivity contribution in [3.05, 3.63) is 59.3 Å². The average Bonchev–Trinajstić information content (AvgIpc) is 3.51. The number of hydrogen-bond acceptors (Lipinski definition) is 12. The Hall–Kier alpha value is -2.68. The highest BCUT2D eigenvalue weighted by Gasteiger charge is 2.60. The van der Waals surface area contributed by atoms with Crippen molar-refractivity contribution >= 4 is 11.9 Å². The number of carbonyl (C=O) groups is 2. The molecule has 12 nitrogen and oxygen atoms in total. The van der Waals surface area contributed by atoms with Gasteiger partial charge in [0.1, 0.15) is 35.9 Å². The van der Waals surface area contributed by atoms with Crippen LogP contribution in [0.25, 0.3) is 0 Å². The topological polar surface area (TPSA) is 148 Å². The van der Waals surface area contributed by atoms with Gasteiger partial charge in [0.25, 0.3) is 0 Å². The summed E-state index contributed by atoms with van der Waals surface area (Å²) in [7, 11) is 1.60. The second-order valence-electron chi connectivity index (χ2n) is 17.6. The van der Waals surface area contributed by atoms with Crippen LogP contribution in [0.15, 0.2) is 59.3 Å². The van der Waals surface area contributed by atoms with Gasteiger partial charge in [-0.3, -0.25) is 9.59 Å². The van der Waals surface area contributed by atoms with Crippen molar-refractivity contribution in [1.29, 1.82) is 0 Å².